The van der Waals surface area contributed by atoms with Gasteiger partial charge in [0.2, 0.25) is 0 Å². The molecule has 0 spiro atoms. The lowest BCUT2D eigenvalue weighted by molar-refractivity contribution is -0.0144. The molecule has 2 N–H and O–H groups in total. The van der Waals surface area contributed by atoms with E-state index in [1.807, 2.05) is 0 Å². The van der Waals surface area contributed by atoms with E-state index in [0.29, 0.717) is 39.6 Å². The SMILES string of the molecule is CCCCCCCCCCCCCCC(O)COCCOCCOCCO. The normalized spacial score (nSPS) is 12.6. The molecule has 0 bridgehead atoms. The lowest BCUT2D eigenvalue weighted by atomic mass is 10.0. The molecule has 164 valence electrons. The zero-order valence-corrected chi connectivity index (χ0v) is 17.8. The van der Waals surface area contributed by atoms with Crippen molar-refractivity contribution >= 4 is 0 Å². The molecule has 0 aliphatic heterocycles. The van der Waals surface area contributed by atoms with Gasteiger partial charge in [-0.15, -0.1) is 0 Å². The van der Waals surface area contributed by atoms with Gasteiger partial charge in [0, 0.05) is 0 Å². The van der Waals surface area contributed by atoms with Crippen molar-refractivity contribution in [1.29, 1.82) is 0 Å². The van der Waals surface area contributed by atoms with Crippen LogP contribution in [0.5, 0.6) is 0 Å². The van der Waals surface area contributed by atoms with Crippen molar-refractivity contribution in [3.8, 4) is 0 Å². The smallest absolute Gasteiger partial charge is 0.0773 e. The molecule has 5 heteroatoms. The van der Waals surface area contributed by atoms with E-state index >= 15 is 0 Å². The Kier molecular flexibility index (Phi) is 23.7. The Morgan fingerprint density at radius 2 is 1.04 bits per heavy atom. The first-order valence-electron chi connectivity index (χ1n) is 11.3. The Bertz CT molecular complexity index is 263. The number of aliphatic hydroxyl groups excluding tert-OH is 2. The van der Waals surface area contributed by atoms with Gasteiger partial charge >= 0.3 is 0 Å². The Labute approximate surface area is 167 Å². The van der Waals surface area contributed by atoms with Gasteiger partial charge in [-0.25, -0.2) is 0 Å². The van der Waals surface area contributed by atoms with Crippen molar-refractivity contribution in [2.45, 2.75) is 96.5 Å². The molecule has 0 rings (SSSR count). The number of hydrogen-bond donors (Lipinski definition) is 2. The average molecular weight is 391 g/mol. The van der Waals surface area contributed by atoms with Crippen molar-refractivity contribution in [1.82, 2.24) is 0 Å². The summed E-state index contributed by atoms with van der Waals surface area (Å²) in [6.45, 7) is 5.05. The molecule has 1 unspecified atom stereocenters. The maximum absolute atomic E-state index is 9.90. The topological polar surface area (TPSA) is 68.2 Å². The van der Waals surface area contributed by atoms with Gasteiger partial charge in [0.25, 0.3) is 0 Å². The molecule has 5 nitrogen and oxygen atoms in total. The third-order valence-corrected chi connectivity index (χ3v) is 4.68. The van der Waals surface area contributed by atoms with E-state index in [1.54, 1.807) is 0 Å². The number of rotatable bonds is 23. The summed E-state index contributed by atoms with van der Waals surface area (Å²) in [5.41, 5.74) is 0. The van der Waals surface area contributed by atoms with Crippen LogP contribution >= 0.6 is 0 Å². The van der Waals surface area contributed by atoms with Crippen LogP contribution in [-0.2, 0) is 14.2 Å². The molecule has 0 fully saturated rings. The van der Waals surface area contributed by atoms with Crippen LogP contribution in [0.3, 0.4) is 0 Å². The fraction of sp³-hybridized carbons (Fsp3) is 1.00. The number of hydrogen-bond acceptors (Lipinski definition) is 5. The van der Waals surface area contributed by atoms with Gasteiger partial charge in [-0.2, -0.15) is 0 Å². The fourth-order valence-electron chi connectivity index (χ4n) is 3.03. The molecular weight excluding hydrogens is 344 g/mol. The maximum Gasteiger partial charge on any atom is 0.0773 e. The standard InChI is InChI=1S/C22H46O5/c1-2-3-4-5-6-7-8-9-10-11-12-13-14-22(24)21-27-20-19-26-18-17-25-16-15-23/h22-24H,2-21H2,1H3. The summed E-state index contributed by atoms with van der Waals surface area (Å²) in [7, 11) is 0. The van der Waals surface area contributed by atoms with Crippen LogP contribution in [0.1, 0.15) is 90.4 Å². The first-order chi connectivity index (χ1) is 13.3. The highest BCUT2D eigenvalue weighted by Gasteiger charge is 2.04. The molecule has 0 heterocycles. The first kappa shape index (κ1) is 26.8. The molecule has 0 aromatic heterocycles. The zero-order valence-electron chi connectivity index (χ0n) is 17.8. The summed E-state index contributed by atoms with van der Waals surface area (Å²) in [5, 5.41) is 18.4. The monoisotopic (exact) mass is 390 g/mol. The van der Waals surface area contributed by atoms with Crippen molar-refractivity contribution in [3.63, 3.8) is 0 Å². The van der Waals surface area contributed by atoms with Crippen molar-refractivity contribution in [2.24, 2.45) is 0 Å². The molecule has 1 atom stereocenters. The minimum Gasteiger partial charge on any atom is -0.394 e. The van der Waals surface area contributed by atoms with Crippen LogP contribution in [0.2, 0.25) is 0 Å². The van der Waals surface area contributed by atoms with Crippen LogP contribution in [0, 0.1) is 0 Å². The first-order valence-corrected chi connectivity index (χ1v) is 11.3. The molecule has 0 aromatic rings. The Hall–Kier alpha value is -0.200. The third-order valence-electron chi connectivity index (χ3n) is 4.68. The van der Waals surface area contributed by atoms with Gasteiger partial charge in [-0.3, -0.25) is 0 Å². The third kappa shape index (κ3) is 23.8. The highest BCUT2D eigenvalue weighted by molar-refractivity contribution is 4.55. The van der Waals surface area contributed by atoms with Crippen LogP contribution in [0.15, 0.2) is 0 Å². The zero-order chi connectivity index (χ0) is 19.8. The van der Waals surface area contributed by atoms with Gasteiger partial charge in [0.05, 0.1) is 52.4 Å². The number of ether oxygens (including phenoxy) is 3. The maximum atomic E-state index is 9.90. The average Bonchev–Trinajstić information content (AvgIpc) is 2.67. The van der Waals surface area contributed by atoms with Crippen molar-refractivity contribution in [2.75, 3.05) is 46.2 Å². The molecule has 0 radical (unpaired) electrons. The number of aliphatic hydroxyl groups is 2. The molecular formula is C22H46O5. The fourth-order valence-corrected chi connectivity index (χ4v) is 3.03. The van der Waals surface area contributed by atoms with E-state index < -0.39 is 0 Å². The van der Waals surface area contributed by atoms with Crippen LogP contribution < -0.4 is 0 Å². The summed E-state index contributed by atoms with van der Waals surface area (Å²) in [4.78, 5) is 0. The quantitative estimate of drug-likeness (QED) is 0.252. The van der Waals surface area contributed by atoms with Gasteiger partial charge in [0.1, 0.15) is 0 Å². The van der Waals surface area contributed by atoms with Crippen molar-refractivity contribution < 1.29 is 24.4 Å². The summed E-state index contributed by atoms with van der Waals surface area (Å²) in [5.74, 6) is 0. The predicted molar refractivity (Wildman–Crippen MR) is 111 cm³/mol. The second-order valence-corrected chi connectivity index (χ2v) is 7.35. The van der Waals surface area contributed by atoms with Crippen LogP contribution in [-0.4, -0.2) is 62.6 Å². The Balaban J connectivity index is 3.12. The predicted octanol–water partition coefficient (Wildman–Crippen LogP) is 4.48. The summed E-state index contributed by atoms with van der Waals surface area (Å²) in [6, 6.07) is 0. The van der Waals surface area contributed by atoms with E-state index in [1.165, 1.54) is 70.6 Å². The van der Waals surface area contributed by atoms with Gasteiger partial charge < -0.3 is 24.4 Å². The van der Waals surface area contributed by atoms with Crippen molar-refractivity contribution in [3.05, 3.63) is 0 Å². The molecule has 0 saturated heterocycles. The highest BCUT2D eigenvalue weighted by atomic mass is 16.5. The molecule has 0 aromatic carbocycles. The van der Waals surface area contributed by atoms with E-state index in [-0.39, 0.29) is 12.7 Å². The molecule has 27 heavy (non-hydrogen) atoms. The summed E-state index contributed by atoms with van der Waals surface area (Å²) < 4.78 is 15.8. The van der Waals surface area contributed by atoms with Gasteiger partial charge in [-0.05, 0) is 6.42 Å². The molecule has 0 saturated carbocycles. The lowest BCUT2D eigenvalue weighted by Gasteiger charge is -2.11. The summed E-state index contributed by atoms with van der Waals surface area (Å²) >= 11 is 0. The Morgan fingerprint density at radius 3 is 1.56 bits per heavy atom. The van der Waals surface area contributed by atoms with E-state index in [4.69, 9.17) is 19.3 Å². The molecule has 0 amide bonds. The van der Waals surface area contributed by atoms with Crippen LogP contribution in [0.25, 0.3) is 0 Å². The second-order valence-electron chi connectivity index (χ2n) is 7.35. The van der Waals surface area contributed by atoms with Crippen LogP contribution in [0.4, 0.5) is 0 Å². The lowest BCUT2D eigenvalue weighted by Crippen LogP contribution is -2.18. The minimum atomic E-state index is -0.360. The van der Waals surface area contributed by atoms with E-state index in [2.05, 4.69) is 6.92 Å². The van der Waals surface area contributed by atoms with Gasteiger partial charge in [-0.1, -0.05) is 84.0 Å². The number of unbranched alkanes of at least 4 members (excludes halogenated alkanes) is 11. The molecule has 0 aliphatic rings. The minimum absolute atomic E-state index is 0.0419. The Morgan fingerprint density at radius 1 is 0.593 bits per heavy atom. The van der Waals surface area contributed by atoms with E-state index in [9.17, 15) is 5.11 Å². The largest absolute Gasteiger partial charge is 0.394 e. The second kappa shape index (κ2) is 23.8. The molecule has 0 aliphatic carbocycles. The summed E-state index contributed by atoms with van der Waals surface area (Å²) in [6.07, 6.45) is 16.5. The van der Waals surface area contributed by atoms with E-state index in [0.717, 1.165) is 12.8 Å². The van der Waals surface area contributed by atoms with Gasteiger partial charge in [0.15, 0.2) is 0 Å². The highest BCUT2D eigenvalue weighted by Crippen LogP contribution is 2.13.